The zero-order chi connectivity index (χ0) is 6.97. The molecule has 1 saturated carbocycles. The normalized spacial score (nSPS) is 25.4. The molecular weight excluding hydrogens is 124 g/mol. The SMILES string of the molecule is N=C(C1CC1)N1CCCC1. The van der Waals surface area contributed by atoms with Crippen LogP contribution < -0.4 is 0 Å². The smallest absolute Gasteiger partial charge is 0.0989 e. The molecule has 0 atom stereocenters. The zero-order valence-corrected chi connectivity index (χ0v) is 6.27. The second-order valence-corrected chi connectivity index (χ2v) is 3.35. The van der Waals surface area contributed by atoms with E-state index in [1.54, 1.807) is 0 Å². The van der Waals surface area contributed by atoms with Crippen molar-refractivity contribution < 1.29 is 0 Å². The molecule has 0 amide bonds. The van der Waals surface area contributed by atoms with Crippen molar-refractivity contribution in [2.45, 2.75) is 25.7 Å². The molecule has 1 saturated heterocycles. The lowest BCUT2D eigenvalue weighted by atomic mass is 10.3. The van der Waals surface area contributed by atoms with Gasteiger partial charge in [-0.05, 0) is 25.7 Å². The fourth-order valence-corrected chi connectivity index (χ4v) is 1.57. The first-order valence-electron chi connectivity index (χ1n) is 4.21. The standard InChI is InChI=1S/C8H14N2/c9-8(7-3-4-7)10-5-1-2-6-10/h7,9H,1-6H2. The Hall–Kier alpha value is -0.530. The van der Waals surface area contributed by atoms with E-state index in [0.717, 1.165) is 18.9 Å². The highest BCUT2D eigenvalue weighted by atomic mass is 15.2. The number of hydrogen-bond donors (Lipinski definition) is 1. The number of nitrogens with one attached hydrogen (secondary N) is 1. The molecule has 0 radical (unpaired) electrons. The maximum Gasteiger partial charge on any atom is 0.0989 e. The number of amidine groups is 1. The summed E-state index contributed by atoms with van der Waals surface area (Å²) in [6.45, 7) is 2.30. The van der Waals surface area contributed by atoms with E-state index in [4.69, 9.17) is 5.41 Å². The summed E-state index contributed by atoms with van der Waals surface area (Å²) >= 11 is 0. The van der Waals surface area contributed by atoms with E-state index in [9.17, 15) is 0 Å². The monoisotopic (exact) mass is 138 g/mol. The van der Waals surface area contributed by atoms with Crippen molar-refractivity contribution in [3.63, 3.8) is 0 Å². The molecule has 2 rings (SSSR count). The molecule has 2 nitrogen and oxygen atoms in total. The second-order valence-electron chi connectivity index (χ2n) is 3.35. The Morgan fingerprint density at radius 1 is 1.20 bits per heavy atom. The number of likely N-dealkylation sites (tertiary alicyclic amines) is 1. The van der Waals surface area contributed by atoms with Crippen LogP contribution in [-0.4, -0.2) is 23.8 Å². The molecule has 10 heavy (non-hydrogen) atoms. The van der Waals surface area contributed by atoms with Crippen LogP contribution in [0.15, 0.2) is 0 Å². The molecule has 0 aromatic rings. The van der Waals surface area contributed by atoms with E-state index in [2.05, 4.69) is 4.90 Å². The van der Waals surface area contributed by atoms with E-state index < -0.39 is 0 Å². The van der Waals surface area contributed by atoms with Crippen LogP contribution in [0.4, 0.5) is 0 Å². The average molecular weight is 138 g/mol. The minimum absolute atomic E-state index is 0.651. The quantitative estimate of drug-likeness (QED) is 0.431. The van der Waals surface area contributed by atoms with Gasteiger partial charge in [-0.25, -0.2) is 0 Å². The van der Waals surface area contributed by atoms with Gasteiger partial charge in [-0.1, -0.05) is 0 Å². The molecule has 56 valence electrons. The lowest BCUT2D eigenvalue weighted by molar-refractivity contribution is 0.499. The van der Waals surface area contributed by atoms with E-state index in [1.165, 1.54) is 25.7 Å². The van der Waals surface area contributed by atoms with Crippen LogP contribution in [-0.2, 0) is 0 Å². The summed E-state index contributed by atoms with van der Waals surface area (Å²) in [5.41, 5.74) is 0. The maximum atomic E-state index is 7.73. The lowest BCUT2D eigenvalue weighted by Gasteiger charge is -2.17. The summed E-state index contributed by atoms with van der Waals surface area (Å²) in [6, 6.07) is 0. The molecule has 0 spiro atoms. The highest BCUT2D eigenvalue weighted by molar-refractivity contribution is 5.83. The Morgan fingerprint density at radius 2 is 1.80 bits per heavy atom. The van der Waals surface area contributed by atoms with Crippen LogP contribution in [0, 0.1) is 11.3 Å². The number of rotatable bonds is 1. The predicted octanol–water partition coefficient (Wildman–Crippen LogP) is 1.47. The van der Waals surface area contributed by atoms with Gasteiger partial charge in [0.2, 0.25) is 0 Å². The van der Waals surface area contributed by atoms with Gasteiger partial charge in [0.25, 0.3) is 0 Å². The Bertz CT molecular complexity index is 143. The van der Waals surface area contributed by atoms with Crippen LogP contribution >= 0.6 is 0 Å². The van der Waals surface area contributed by atoms with E-state index in [0.29, 0.717) is 5.92 Å². The molecule has 2 heteroatoms. The lowest BCUT2D eigenvalue weighted by Crippen LogP contribution is -2.28. The van der Waals surface area contributed by atoms with Crippen LogP contribution in [0.3, 0.4) is 0 Å². The Labute approximate surface area is 61.7 Å². The molecule has 2 fully saturated rings. The third kappa shape index (κ3) is 1.02. The van der Waals surface area contributed by atoms with Crippen molar-refractivity contribution in [2.24, 2.45) is 5.92 Å². The topological polar surface area (TPSA) is 27.1 Å². The molecule has 0 bridgehead atoms. The second kappa shape index (κ2) is 2.26. The first-order valence-corrected chi connectivity index (χ1v) is 4.21. The van der Waals surface area contributed by atoms with E-state index in [-0.39, 0.29) is 0 Å². The summed E-state index contributed by atoms with van der Waals surface area (Å²) in [5, 5.41) is 7.73. The fourth-order valence-electron chi connectivity index (χ4n) is 1.57. The minimum Gasteiger partial charge on any atom is -0.360 e. The zero-order valence-electron chi connectivity index (χ0n) is 6.27. The van der Waals surface area contributed by atoms with Crippen molar-refractivity contribution in [2.75, 3.05) is 13.1 Å². The summed E-state index contributed by atoms with van der Waals surface area (Å²) in [4.78, 5) is 2.25. The summed E-state index contributed by atoms with van der Waals surface area (Å²) < 4.78 is 0. The maximum absolute atomic E-state index is 7.73. The summed E-state index contributed by atoms with van der Waals surface area (Å²) in [6.07, 6.45) is 5.15. The highest BCUT2D eigenvalue weighted by Crippen LogP contribution is 2.32. The van der Waals surface area contributed by atoms with Gasteiger partial charge in [0.05, 0.1) is 5.84 Å². The van der Waals surface area contributed by atoms with Gasteiger partial charge >= 0.3 is 0 Å². The van der Waals surface area contributed by atoms with Gasteiger partial charge < -0.3 is 4.90 Å². The van der Waals surface area contributed by atoms with Gasteiger partial charge in [-0.15, -0.1) is 0 Å². The minimum atomic E-state index is 0.651. The van der Waals surface area contributed by atoms with E-state index in [1.807, 2.05) is 0 Å². The fraction of sp³-hybridized carbons (Fsp3) is 0.875. The van der Waals surface area contributed by atoms with Gasteiger partial charge in [-0.2, -0.15) is 0 Å². The number of hydrogen-bond acceptors (Lipinski definition) is 1. The molecule has 0 unspecified atom stereocenters. The van der Waals surface area contributed by atoms with Gasteiger partial charge in [0, 0.05) is 19.0 Å². The van der Waals surface area contributed by atoms with Gasteiger partial charge in [0.1, 0.15) is 0 Å². The molecule has 1 N–H and O–H groups in total. The molecule has 1 heterocycles. The largest absolute Gasteiger partial charge is 0.360 e. The van der Waals surface area contributed by atoms with Crippen molar-refractivity contribution in [3.8, 4) is 0 Å². The molecule has 2 aliphatic rings. The third-order valence-corrected chi connectivity index (χ3v) is 2.41. The van der Waals surface area contributed by atoms with Gasteiger partial charge in [0.15, 0.2) is 0 Å². The first kappa shape index (κ1) is 6.20. The molecule has 0 aromatic heterocycles. The summed E-state index contributed by atoms with van der Waals surface area (Å²) in [5.74, 6) is 1.58. The first-order chi connectivity index (χ1) is 4.88. The summed E-state index contributed by atoms with van der Waals surface area (Å²) in [7, 11) is 0. The van der Waals surface area contributed by atoms with E-state index >= 15 is 0 Å². The third-order valence-electron chi connectivity index (χ3n) is 2.41. The average Bonchev–Trinajstić information content (AvgIpc) is 2.65. The molecular formula is C8H14N2. The van der Waals surface area contributed by atoms with Crippen molar-refractivity contribution in [1.82, 2.24) is 4.90 Å². The van der Waals surface area contributed by atoms with Crippen molar-refractivity contribution >= 4 is 5.84 Å². The van der Waals surface area contributed by atoms with Crippen LogP contribution in [0.2, 0.25) is 0 Å². The molecule has 1 aliphatic carbocycles. The molecule has 1 aliphatic heterocycles. The van der Waals surface area contributed by atoms with Crippen molar-refractivity contribution in [3.05, 3.63) is 0 Å². The van der Waals surface area contributed by atoms with Crippen molar-refractivity contribution in [1.29, 1.82) is 5.41 Å². The van der Waals surface area contributed by atoms with Crippen LogP contribution in [0.1, 0.15) is 25.7 Å². The van der Waals surface area contributed by atoms with Crippen LogP contribution in [0.5, 0.6) is 0 Å². The van der Waals surface area contributed by atoms with Crippen LogP contribution in [0.25, 0.3) is 0 Å². The Balaban J connectivity index is 1.90. The predicted molar refractivity (Wildman–Crippen MR) is 41.3 cm³/mol. The Kier molecular flexibility index (Phi) is 1.40. The highest BCUT2D eigenvalue weighted by Gasteiger charge is 2.30. The van der Waals surface area contributed by atoms with Gasteiger partial charge in [-0.3, -0.25) is 5.41 Å². The Morgan fingerprint density at radius 3 is 2.30 bits per heavy atom. The molecule has 0 aromatic carbocycles. The number of nitrogens with zero attached hydrogens (tertiary/aromatic N) is 1.